The highest BCUT2D eigenvalue weighted by Gasteiger charge is 2.18. The van der Waals surface area contributed by atoms with Gasteiger partial charge in [0.1, 0.15) is 0 Å². The van der Waals surface area contributed by atoms with Crippen LogP contribution in [0, 0.1) is 5.92 Å². The molecule has 0 saturated carbocycles. The molecule has 0 aliphatic carbocycles. The van der Waals surface area contributed by atoms with Crippen molar-refractivity contribution in [2.24, 2.45) is 5.92 Å². The van der Waals surface area contributed by atoms with Gasteiger partial charge in [-0.2, -0.15) is 0 Å². The summed E-state index contributed by atoms with van der Waals surface area (Å²) >= 11 is 1.73. The number of hydrogen-bond acceptors (Lipinski definition) is 4. The van der Waals surface area contributed by atoms with Crippen molar-refractivity contribution >= 4 is 11.3 Å². The molecule has 1 aliphatic rings. The quantitative estimate of drug-likeness (QED) is 0.853. The van der Waals surface area contributed by atoms with Crippen molar-refractivity contribution in [2.45, 2.75) is 25.7 Å². The maximum Gasteiger partial charge on any atom is 0.0931 e. The predicted octanol–water partition coefficient (Wildman–Crippen LogP) is 1.82. The molecule has 0 radical (unpaired) electrons. The van der Waals surface area contributed by atoms with Gasteiger partial charge in [-0.3, -0.25) is 0 Å². The molecule has 1 fully saturated rings. The Morgan fingerprint density at radius 1 is 1.73 bits per heavy atom. The Bertz CT molecular complexity index is 307. The maximum atomic E-state index is 9.04. The van der Waals surface area contributed by atoms with E-state index in [0.29, 0.717) is 5.92 Å². The number of thiazole rings is 1. The van der Waals surface area contributed by atoms with Gasteiger partial charge in [0, 0.05) is 36.6 Å². The molecule has 2 rings (SSSR count). The predicted molar refractivity (Wildman–Crippen MR) is 60.2 cm³/mol. The SMILES string of the molecule is CC(CO)c1cnc(CC2CCOC2)s1. The number of rotatable bonds is 4. The van der Waals surface area contributed by atoms with Gasteiger partial charge in [0.05, 0.1) is 11.6 Å². The highest BCUT2D eigenvalue weighted by Crippen LogP contribution is 2.25. The Balaban J connectivity index is 1.94. The molecule has 2 atom stereocenters. The molecule has 0 spiro atoms. The van der Waals surface area contributed by atoms with E-state index in [1.54, 1.807) is 11.3 Å². The Morgan fingerprint density at radius 2 is 2.60 bits per heavy atom. The van der Waals surface area contributed by atoms with Crippen LogP contribution in [0.25, 0.3) is 0 Å². The van der Waals surface area contributed by atoms with Crippen LogP contribution in [0.2, 0.25) is 0 Å². The van der Waals surface area contributed by atoms with E-state index in [2.05, 4.69) is 4.98 Å². The van der Waals surface area contributed by atoms with Crippen molar-refractivity contribution in [3.05, 3.63) is 16.1 Å². The summed E-state index contributed by atoms with van der Waals surface area (Å²) in [5.41, 5.74) is 0. The van der Waals surface area contributed by atoms with E-state index in [4.69, 9.17) is 9.84 Å². The third kappa shape index (κ3) is 2.77. The molecule has 1 aromatic heterocycles. The average Bonchev–Trinajstić information content (AvgIpc) is 2.88. The first kappa shape index (κ1) is 11.0. The van der Waals surface area contributed by atoms with Crippen LogP contribution in [0.1, 0.15) is 29.1 Å². The second-order valence-corrected chi connectivity index (χ2v) is 5.32. The molecule has 0 aromatic carbocycles. The standard InChI is InChI=1S/C11H17NO2S/c1-8(6-13)10-5-12-11(15-10)4-9-2-3-14-7-9/h5,8-9,13H,2-4,6-7H2,1H3. The average molecular weight is 227 g/mol. The fourth-order valence-electron chi connectivity index (χ4n) is 1.73. The van der Waals surface area contributed by atoms with Gasteiger partial charge in [-0.05, 0) is 12.3 Å². The topological polar surface area (TPSA) is 42.4 Å². The Morgan fingerprint density at radius 3 is 3.27 bits per heavy atom. The number of hydrogen-bond donors (Lipinski definition) is 1. The molecule has 3 nitrogen and oxygen atoms in total. The van der Waals surface area contributed by atoms with E-state index in [0.717, 1.165) is 26.1 Å². The lowest BCUT2D eigenvalue weighted by molar-refractivity contribution is 0.186. The van der Waals surface area contributed by atoms with E-state index in [1.807, 2.05) is 13.1 Å². The van der Waals surface area contributed by atoms with Crippen LogP contribution in [0.15, 0.2) is 6.20 Å². The molecule has 4 heteroatoms. The van der Waals surface area contributed by atoms with Crippen LogP contribution in [0.3, 0.4) is 0 Å². The summed E-state index contributed by atoms with van der Waals surface area (Å²) in [5, 5.41) is 10.2. The molecule has 0 amide bonds. The molecule has 2 unspecified atom stereocenters. The lowest BCUT2D eigenvalue weighted by Gasteiger charge is -2.04. The zero-order valence-corrected chi connectivity index (χ0v) is 9.80. The Labute approximate surface area is 94.1 Å². The Hall–Kier alpha value is -0.450. The minimum atomic E-state index is 0.203. The molecule has 84 valence electrons. The van der Waals surface area contributed by atoms with Gasteiger partial charge in [-0.1, -0.05) is 6.92 Å². The first-order chi connectivity index (χ1) is 7.29. The molecule has 1 aliphatic heterocycles. The lowest BCUT2D eigenvalue weighted by Crippen LogP contribution is -2.02. The normalized spacial score (nSPS) is 23.2. The smallest absolute Gasteiger partial charge is 0.0931 e. The number of aliphatic hydroxyl groups excluding tert-OH is 1. The summed E-state index contributed by atoms with van der Waals surface area (Å²) in [6.45, 7) is 4.00. The van der Waals surface area contributed by atoms with Crippen molar-refractivity contribution in [1.29, 1.82) is 0 Å². The van der Waals surface area contributed by atoms with Gasteiger partial charge in [0.15, 0.2) is 0 Å². The van der Waals surface area contributed by atoms with Gasteiger partial charge < -0.3 is 9.84 Å². The highest BCUT2D eigenvalue weighted by molar-refractivity contribution is 7.11. The zero-order valence-electron chi connectivity index (χ0n) is 8.98. The molecular formula is C11H17NO2S. The third-order valence-electron chi connectivity index (χ3n) is 2.82. The minimum Gasteiger partial charge on any atom is -0.396 e. The van der Waals surface area contributed by atoms with Crippen molar-refractivity contribution in [2.75, 3.05) is 19.8 Å². The number of nitrogens with zero attached hydrogens (tertiary/aromatic N) is 1. The van der Waals surface area contributed by atoms with Crippen LogP contribution >= 0.6 is 11.3 Å². The van der Waals surface area contributed by atoms with Gasteiger partial charge in [-0.15, -0.1) is 11.3 Å². The van der Waals surface area contributed by atoms with Crippen LogP contribution in [0.5, 0.6) is 0 Å². The van der Waals surface area contributed by atoms with Gasteiger partial charge in [-0.25, -0.2) is 4.98 Å². The second kappa shape index (κ2) is 5.05. The summed E-state index contributed by atoms with van der Waals surface area (Å²) in [5.74, 6) is 0.865. The van der Waals surface area contributed by atoms with E-state index < -0.39 is 0 Å². The second-order valence-electron chi connectivity index (χ2n) is 4.17. The minimum absolute atomic E-state index is 0.203. The first-order valence-electron chi connectivity index (χ1n) is 5.42. The van der Waals surface area contributed by atoms with Crippen LogP contribution in [-0.4, -0.2) is 29.9 Å². The molecule has 0 bridgehead atoms. The molecule has 1 aromatic rings. The summed E-state index contributed by atoms with van der Waals surface area (Å²) in [6.07, 6.45) is 4.09. The number of aromatic nitrogens is 1. The van der Waals surface area contributed by atoms with E-state index in [9.17, 15) is 0 Å². The van der Waals surface area contributed by atoms with Crippen LogP contribution in [0.4, 0.5) is 0 Å². The van der Waals surface area contributed by atoms with Crippen molar-refractivity contribution in [3.8, 4) is 0 Å². The fraction of sp³-hybridized carbons (Fsp3) is 0.727. The van der Waals surface area contributed by atoms with E-state index in [-0.39, 0.29) is 12.5 Å². The number of ether oxygens (including phenoxy) is 1. The summed E-state index contributed by atoms with van der Waals surface area (Å²) in [7, 11) is 0. The molecule has 15 heavy (non-hydrogen) atoms. The third-order valence-corrected chi connectivity index (χ3v) is 4.07. The largest absolute Gasteiger partial charge is 0.396 e. The number of aliphatic hydroxyl groups is 1. The van der Waals surface area contributed by atoms with Crippen molar-refractivity contribution in [1.82, 2.24) is 4.98 Å². The van der Waals surface area contributed by atoms with Crippen LogP contribution < -0.4 is 0 Å². The van der Waals surface area contributed by atoms with Gasteiger partial charge in [0.25, 0.3) is 0 Å². The zero-order chi connectivity index (χ0) is 10.7. The fourth-order valence-corrected chi connectivity index (χ4v) is 2.81. The van der Waals surface area contributed by atoms with Crippen molar-refractivity contribution < 1.29 is 9.84 Å². The highest BCUT2D eigenvalue weighted by atomic mass is 32.1. The van der Waals surface area contributed by atoms with Gasteiger partial charge in [0.2, 0.25) is 0 Å². The summed E-state index contributed by atoms with van der Waals surface area (Å²) in [6, 6.07) is 0. The first-order valence-corrected chi connectivity index (χ1v) is 6.24. The molecule has 1 saturated heterocycles. The lowest BCUT2D eigenvalue weighted by atomic mass is 10.1. The van der Waals surface area contributed by atoms with E-state index in [1.165, 1.54) is 9.88 Å². The van der Waals surface area contributed by atoms with Gasteiger partial charge >= 0.3 is 0 Å². The van der Waals surface area contributed by atoms with E-state index >= 15 is 0 Å². The van der Waals surface area contributed by atoms with Crippen molar-refractivity contribution in [3.63, 3.8) is 0 Å². The Kier molecular flexibility index (Phi) is 3.72. The molecular weight excluding hydrogens is 210 g/mol. The van der Waals surface area contributed by atoms with Crippen LogP contribution in [-0.2, 0) is 11.2 Å². The monoisotopic (exact) mass is 227 g/mol. The molecule has 2 heterocycles. The maximum absolute atomic E-state index is 9.04. The summed E-state index contributed by atoms with van der Waals surface area (Å²) in [4.78, 5) is 5.59. The summed E-state index contributed by atoms with van der Waals surface area (Å²) < 4.78 is 5.34. The molecule has 1 N–H and O–H groups in total.